The summed E-state index contributed by atoms with van der Waals surface area (Å²) < 4.78 is 0. The molecule has 0 amide bonds. The SMILES string of the molecule is c1ccc(-c2ccc(N(c3cc4c5c(cccc5c3)C35c6cccc7cccc(c67)C36c3ccccc3-c3ccccc3C465)c3cccc4ccccc34)cc2)cc1. The van der Waals surface area contributed by atoms with Crippen molar-refractivity contribution in [3.05, 3.63) is 246 Å². The number of hydrogen-bond acceptors (Lipinski definition) is 1. The first kappa shape index (κ1) is 30.9. The van der Waals surface area contributed by atoms with E-state index in [0.717, 1.165) is 5.69 Å². The lowest BCUT2D eigenvalue weighted by Crippen LogP contribution is -2.30. The van der Waals surface area contributed by atoms with E-state index in [2.05, 4.69) is 217 Å². The van der Waals surface area contributed by atoms with E-state index in [4.69, 9.17) is 0 Å². The molecular weight excluding hydrogens is 699 g/mol. The molecule has 3 atom stereocenters. The molecule has 4 aliphatic rings. The monoisotopic (exact) mass is 733 g/mol. The summed E-state index contributed by atoms with van der Waals surface area (Å²) in [5, 5.41) is 7.94. The summed E-state index contributed by atoms with van der Waals surface area (Å²) in [5.41, 5.74) is 16.5. The highest BCUT2D eigenvalue weighted by atomic mass is 15.1. The molecule has 3 spiro atoms. The number of benzene rings is 10. The Bertz CT molecular complexity index is 3410. The van der Waals surface area contributed by atoms with Gasteiger partial charge in [-0.1, -0.05) is 182 Å². The van der Waals surface area contributed by atoms with Crippen molar-refractivity contribution in [2.24, 2.45) is 0 Å². The quantitative estimate of drug-likeness (QED) is 0.174. The second-order valence-corrected chi connectivity index (χ2v) is 16.7. The van der Waals surface area contributed by atoms with Gasteiger partial charge in [0.2, 0.25) is 0 Å². The van der Waals surface area contributed by atoms with Crippen molar-refractivity contribution in [1.29, 1.82) is 0 Å². The van der Waals surface area contributed by atoms with Gasteiger partial charge in [0, 0.05) is 16.8 Å². The summed E-state index contributed by atoms with van der Waals surface area (Å²) in [7, 11) is 0. The number of anilines is 3. The molecular formula is C57H35N. The Hall–Kier alpha value is -7.22. The Morgan fingerprint density at radius 1 is 0.293 bits per heavy atom. The molecule has 268 valence electrons. The Balaban J connectivity index is 1.11. The first-order chi connectivity index (χ1) is 28.8. The van der Waals surface area contributed by atoms with Crippen LogP contribution in [0.15, 0.2) is 212 Å². The second kappa shape index (κ2) is 10.6. The summed E-state index contributed by atoms with van der Waals surface area (Å²) in [6.45, 7) is 0. The van der Waals surface area contributed by atoms with Gasteiger partial charge in [0.25, 0.3) is 0 Å². The maximum absolute atomic E-state index is 2.60. The lowest BCUT2D eigenvalue weighted by Gasteiger charge is -2.37. The lowest BCUT2D eigenvalue weighted by molar-refractivity contribution is 0.690. The number of hydrogen-bond donors (Lipinski definition) is 0. The van der Waals surface area contributed by atoms with E-state index in [1.165, 1.54) is 99.3 Å². The van der Waals surface area contributed by atoms with E-state index in [1.54, 1.807) is 0 Å². The van der Waals surface area contributed by atoms with Crippen LogP contribution >= 0.6 is 0 Å². The molecule has 0 heterocycles. The molecule has 0 radical (unpaired) electrons. The molecule has 0 N–H and O–H groups in total. The van der Waals surface area contributed by atoms with Gasteiger partial charge < -0.3 is 4.90 Å². The third-order valence-corrected chi connectivity index (χ3v) is 14.6. The minimum absolute atomic E-state index is 0.296. The predicted octanol–water partition coefficient (Wildman–Crippen LogP) is 14.2. The first-order valence-corrected chi connectivity index (χ1v) is 20.5. The van der Waals surface area contributed by atoms with Crippen LogP contribution < -0.4 is 4.90 Å². The number of fused-ring (bicyclic) bond motifs is 4. The summed E-state index contributed by atoms with van der Waals surface area (Å²) in [6, 6.07) is 80.5. The van der Waals surface area contributed by atoms with Gasteiger partial charge in [-0.3, -0.25) is 0 Å². The lowest BCUT2D eigenvalue weighted by atomic mass is 9.65. The van der Waals surface area contributed by atoms with Gasteiger partial charge in [-0.2, -0.15) is 0 Å². The molecule has 3 unspecified atom stereocenters. The van der Waals surface area contributed by atoms with Crippen LogP contribution in [0.4, 0.5) is 17.1 Å². The minimum atomic E-state index is -0.340. The second-order valence-electron chi connectivity index (χ2n) is 16.7. The molecule has 0 bridgehead atoms. The third-order valence-electron chi connectivity index (χ3n) is 14.6. The van der Waals surface area contributed by atoms with Gasteiger partial charge in [-0.25, -0.2) is 0 Å². The zero-order chi connectivity index (χ0) is 37.8. The van der Waals surface area contributed by atoms with Gasteiger partial charge in [0.15, 0.2) is 0 Å². The van der Waals surface area contributed by atoms with Gasteiger partial charge in [-0.15, -0.1) is 0 Å². The van der Waals surface area contributed by atoms with E-state index >= 15 is 0 Å². The summed E-state index contributed by atoms with van der Waals surface area (Å²) in [6.07, 6.45) is 0. The first-order valence-electron chi connectivity index (χ1n) is 20.5. The zero-order valence-corrected chi connectivity index (χ0v) is 31.7. The molecule has 10 aromatic carbocycles. The van der Waals surface area contributed by atoms with Crippen LogP contribution in [0.1, 0.15) is 33.4 Å². The van der Waals surface area contributed by atoms with Crippen molar-refractivity contribution in [2.75, 3.05) is 4.90 Å². The maximum Gasteiger partial charge on any atom is 0.0540 e. The minimum Gasteiger partial charge on any atom is -0.310 e. The fourth-order valence-corrected chi connectivity index (χ4v) is 12.9. The summed E-state index contributed by atoms with van der Waals surface area (Å²) in [4.78, 5) is 2.52. The largest absolute Gasteiger partial charge is 0.310 e. The smallest absolute Gasteiger partial charge is 0.0540 e. The molecule has 1 nitrogen and oxygen atoms in total. The molecule has 0 aromatic heterocycles. The van der Waals surface area contributed by atoms with E-state index in [1.807, 2.05) is 0 Å². The van der Waals surface area contributed by atoms with Crippen molar-refractivity contribution >= 4 is 49.4 Å². The fourth-order valence-electron chi connectivity index (χ4n) is 12.9. The van der Waals surface area contributed by atoms with Crippen molar-refractivity contribution in [3.63, 3.8) is 0 Å². The number of rotatable bonds is 4. The van der Waals surface area contributed by atoms with Crippen LogP contribution in [-0.2, 0) is 16.2 Å². The van der Waals surface area contributed by atoms with Crippen LogP contribution in [0.5, 0.6) is 0 Å². The number of nitrogens with zero attached hydrogens (tertiary/aromatic N) is 1. The zero-order valence-electron chi connectivity index (χ0n) is 31.7. The van der Waals surface area contributed by atoms with Gasteiger partial charge in [0.05, 0.1) is 21.9 Å². The summed E-state index contributed by atoms with van der Waals surface area (Å²) >= 11 is 0. The molecule has 0 aliphatic heterocycles. The highest BCUT2D eigenvalue weighted by Crippen LogP contribution is 2.94. The van der Waals surface area contributed by atoms with E-state index in [-0.39, 0.29) is 16.2 Å². The highest BCUT2D eigenvalue weighted by Gasteiger charge is 2.95. The van der Waals surface area contributed by atoms with Crippen LogP contribution in [0.3, 0.4) is 0 Å². The van der Waals surface area contributed by atoms with Crippen molar-refractivity contribution in [1.82, 2.24) is 0 Å². The Morgan fingerprint density at radius 2 is 0.776 bits per heavy atom. The average molecular weight is 734 g/mol. The predicted molar refractivity (Wildman–Crippen MR) is 240 cm³/mol. The standard InChI is InChI=1S/C57H35N/c1-2-14-36(15-3-1)37-30-32-41(33-31-37)58(52-29-13-17-38-16-4-5-21-43(38)52)42-34-40-20-12-28-50-54(40)51(35-42)56-47-25-9-7-23-45(47)44-22-6-8-24-46(44)55(56)48-26-10-18-39-19-11-27-49(53(39)48)57(50,55)56/h1-35H. The Morgan fingerprint density at radius 3 is 1.48 bits per heavy atom. The molecule has 58 heavy (non-hydrogen) atoms. The Labute approximate surface area is 337 Å². The average Bonchev–Trinajstić information content (AvgIpc) is 3.66. The molecule has 10 aromatic rings. The summed E-state index contributed by atoms with van der Waals surface area (Å²) in [5.74, 6) is 0. The highest BCUT2D eigenvalue weighted by molar-refractivity contribution is 6.14. The van der Waals surface area contributed by atoms with E-state index in [9.17, 15) is 0 Å². The normalized spacial score (nSPS) is 21.0. The third kappa shape index (κ3) is 3.26. The maximum atomic E-state index is 2.60. The molecule has 1 saturated carbocycles. The van der Waals surface area contributed by atoms with Gasteiger partial charge >= 0.3 is 0 Å². The van der Waals surface area contributed by atoms with Gasteiger partial charge in [-0.05, 0) is 113 Å². The fraction of sp³-hybridized carbons (Fsp3) is 0.0526. The molecule has 1 heteroatoms. The van der Waals surface area contributed by atoms with Crippen LogP contribution in [0, 0.1) is 0 Å². The van der Waals surface area contributed by atoms with Crippen molar-refractivity contribution < 1.29 is 0 Å². The van der Waals surface area contributed by atoms with Crippen molar-refractivity contribution in [2.45, 2.75) is 16.2 Å². The molecule has 4 aliphatic carbocycles. The topological polar surface area (TPSA) is 3.24 Å². The molecule has 1 fully saturated rings. The van der Waals surface area contributed by atoms with Crippen LogP contribution in [0.2, 0.25) is 0 Å². The van der Waals surface area contributed by atoms with Gasteiger partial charge in [0.1, 0.15) is 0 Å². The molecule has 0 saturated heterocycles. The van der Waals surface area contributed by atoms with Crippen LogP contribution in [0.25, 0.3) is 54.6 Å². The van der Waals surface area contributed by atoms with Crippen LogP contribution in [-0.4, -0.2) is 0 Å². The molecule has 14 rings (SSSR count). The van der Waals surface area contributed by atoms with E-state index < -0.39 is 0 Å². The van der Waals surface area contributed by atoms with E-state index in [0.29, 0.717) is 0 Å². The van der Waals surface area contributed by atoms with Crippen molar-refractivity contribution in [3.8, 4) is 22.3 Å². The Kier molecular flexibility index (Phi) is 5.65.